The summed E-state index contributed by atoms with van der Waals surface area (Å²) < 4.78 is 0. The summed E-state index contributed by atoms with van der Waals surface area (Å²) in [6.45, 7) is 5.80. The van der Waals surface area contributed by atoms with Crippen LogP contribution in [0, 0.1) is 20.8 Å². The van der Waals surface area contributed by atoms with Crippen LogP contribution in [0.25, 0.3) is 10.6 Å². The van der Waals surface area contributed by atoms with E-state index in [1.807, 2.05) is 20.8 Å². The highest BCUT2D eigenvalue weighted by Crippen LogP contribution is 2.28. The molecule has 0 atom stereocenters. The van der Waals surface area contributed by atoms with Crippen LogP contribution in [0.2, 0.25) is 0 Å². The first kappa shape index (κ1) is 10.0. The molecule has 0 unspecified atom stereocenters. The Morgan fingerprint density at radius 2 is 1.87 bits per heavy atom. The third-order valence-electron chi connectivity index (χ3n) is 1.99. The fraction of sp³-hybridized carbons (Fsp3) is 0.300. The molecule has 2 aromatic rings. The monoisotopic (exact) mass is 220 g/mol. The van der Waals surface area contributed by atoms with E-state index in [0.29, 0.717) is 11.6 Å². The molecule has 2 N–H and O–H groups in total. The number of nitrogen functional groups attached to an aromatic ring is 1. The second-order valence-corrected chi connectivity index (χ2v) is 4.58. The normalized spacial score (nSPS) is 10.6. The third-order valence-corrected chi connectivity index (χ3v) is 3.09. The van der Waals surface area contributed by atoms with Gasteiger partial charge in [-0.15, -0.1) is 11.3 Å². The average Bonchev–Trinajstić information content (AvgIpc) is 2.43. The molecule has 0 aliphatic carbocycles. The van der Waals surface area contributed by atoms with E-state index in [1.165, 1.54) is 0 Å². The van der Waals surface area contributed by atoms with E-state index in [4.69, 9.17) is 5.73 Å². The van der Waals surface area contributed by atoms with Gasteiger partial charge in [-0.05, 0) is 20.8 Å². The van der Waals surface area contributed by atoms with E-state index >= 15 is 0 Å². The number of nitrogens with two attached hydrogens (primary N) is 1. The molecule has 0 saturated heterocycles. The summed E-state index contributed by atoms with van der Waals surface area (Å²) in [6, 6.07) is 1.78. The van der Waals surface area contributed by atoms with Gasteiger partial charge in [-0.1, -0.05) is 0 Å². The van der Waals surface area contributed by atoms with Crippen LogP contribution in [-0.2, 0) is 0 Å². The van der Waals surface area contributed by atoms with Gasteiger partial charge in [0.2, 0.25) is 0 Å². The van der Waals surface area contributed by atoms with Gasteiger partial charge in [0, 0.05) is 6.07 Å². The summed E-state index contributed by atoms with van der Waals surface area (Å²) >= 11 is 1.63. The van der Waals surface area contributed by atoms with Gasteiger partial charge in [0.15, 0.2) is 0 Å². The van der Waals surface area contributed by atoms with Crippen molar-refractivity contribution in [2.24, 2.45) is 0 Å². The van der Waals surface area contributed by atoms with E-state index in [2.05, 4.69) is 15.0 Å². The van der Waals surface area contributed by atoms with E-state index in [0.717, 1.165) is 21.3 Å². The fourth-order valence-electron chi connectivity index (χ4n) is 1.48. The third kappa shape index (κ3) is 1.97. The van der Waals surface area contributed by atoms with Gasteiger partial charge < -0.3 is 5.73 Å². The summed E-state index contributed by atoms with van der Waals surface area (Å²) in [7, 11) is 0. The zero-order valence-corrected chi connectivity index (χ0v) is 9.72. The molecule has 0 aliphatic rings. The number of hydrogen-bond acceptors (Lipinski definition) is 5. The van der Waals surface area contributed by atoms with Crippen molar-refractivity contribution in [2.75, 3.05) is 5.73 Å². The van der Waals surface area contributed by atoms with Crippen LogP contribution < -0.4 is 5.73 Å². The Hall–Kier alpha value is -1.49. The van der Waals surface area contributed by atoms with Crippen LogP contribution in [0.3, 0.4) is 0 Å². The Morgan fingerprint density at radius 3 is 2.40 bits per heavy atom. The molecule has 15 heavy (non-hydrogen) atoms. The van der Waals surface area contributed by atoms with Gasteiger partial charge in [0.05, 0.1) is 21.3 Å². The fourth-order valence-corrected chi connectivity index (χ4v) is 2.36. The smallest absolute Gasteiger partial charge is 0.128 e. The van der Waals surface area contributed by atoms with Crippen LogP contribution in [0.15, 0.2) is 6.07 Å². The highest BCUT2D eigenvalue weighted by atomic mass is 32.1. The van der Waals surface area contributed by atoms with Crippen LogP contribution in [0.1, 0.15) is 16.5 Å². The summed E-state index contributed by atoms with van der Waals surface area (Å²) in [6.07, 6.45) is 0. The molecule has 5 heteroatoms. The number of hydrogen-bond donors (Lipinski definition) is 1. The number of thiazole rings is 1. The van der Waals surface area contributed by atoms with Gasteiger partial charge in [-0.25, -0.2) is 15.0 Å². The number of anilines is 1. The molecule has 0 bridgehead atoms. The number of aromatic nitrogens is 3. The molecule has 0 fully saturated rings. The molecular weight excluding hydrogens is 208 g/mol. The molecule has 2 rings (SSSR count). The Kier molecular flexibility index (Phi) is 2.40. The van der Waals surface area contributed by atoms with Crippen molar-refractivity contribution in [3.8, 4) is 10.6 Å². The molecule has 0 radical (unpaired) electrons. The zero-order valence-electron chi connectivity index (χ0n) is 8.90. The predicted octanol–water partition coefficient (Wildman–Crippen LogP) is 2.11. The van der Waals surface area contributed by atoms with Gasteiger partial charge in [-0.3, -0.25) is 0 Å². The van der Waals surface area contributed by atoms with E-state index in [1.54, 1.807) is 17.4 Å². The molecular formula is C10H12N4S. The molecule has 78 valence electrons. The van der Waals surface area contributed by atoms with Crippen molar-refractivity contribution in [2.45, 2.75) is 20.8 Å². The van der Waals surface area contributed by atoms with Gasteiger partial charge in [0.1, 0.15) is 11.6 Å². The van der Waals surface area contributed by atoms with Crippen molar-refractivity contribution in [3.63, 3.8) is 0 Å². The summed E-state index contributed by atoms with van der Waals surface area (Å²) in [4.78, 5) is 13.8. The summed E-state index contributed by atoms with van der Waals surface area (Å²) in [5.41, 5.74) is 7.55. The minimum absolute atomic E-state index is 0.503. The van der Waals surface area contributed by atoms with E-state index in [-0.39, 0.29) is 0 Å². The molecule has 4 nitrogen and oxygen atoms in total. The van der Waals surface area contributed by atoms with Crippen LogP contribution >= 0.6 is 11.3 Å². The molecule has 0 amide bonds. The second kappa shape index (κ2) is 3.58. The van der Waals surface area contributed by atoms with E-state index < -0.39 is 0 Å². The van der Waals surface area contributed by atoms with Crippen LogP contribution in [-0.4, -0.2) is 15.0 Å². The van der Waals surface area contributed by atoms with Crippen molar-refractivity contribution >= 4 is 17.2 Å². The summed E-state index contributed by atoms with van der Waals surface area (Å²) in [5, 5.41) is 1.04. The first-order valence-electron chi connectivity index (χ1n) is 4.62. The molecule has 2 heterocycles. The lowest BCUT2D eigenvalue weighted by Gasteiger charge is -2.01. The quantitative estimate of drug-likeness (QED) is 0.799. The van der Waals surface area contributed by atoms with Crippen molar-refractivity contribution < 1.29 is 0 Å². The topological polar surface area (TPSA) is 64.7 Å². The first-order chi connectivity index (χ1) is 7.06. The number of rotatable bonds is 1. The lowest BCUT2D eigenvalue weighted by molar-refractivity contribution is 1.06. The lowest BCUT2D eigenvalue weighted by Crippen LogP contribution is -1.96. The molecule has 2 aromatic heterocycles. The minimum atomic E-state index is 0.503. The average molecular weight is 220 g/mol. The largest absolute Gasteiger partial charge is 0.384 e. The SMILES string of the molecule is Cc1nc(N)cc(-c2sc(C)nc2C)n1. The van der Waals surface area contributed by atoms with Gasteiger partial charge in [0.25, 0.3) is 0 Å². The Balaban J connectivity index is 2.58. The molecule has 0 spiro atoms. The Morgan fingerprint density at radius 1 is 1.13 bits per heavy atom. The van der Waals surface area contributed by atoms with E-state index in [9.17, 15) is 0 Å². The predicted molar refractivity (Wildman–Crippen MR) is 61.8 cm³/mol. The molecule has 0 aliphatic heterocycles. The summed E-state index contributed by atoms with van der Waals surface area (Å²) in [5.74, 6) is 1.19. The van der Waals surface area contributed by atoms with Crippen LogP contribution in [0.4, 0.5) is 5.82 Å². The standard InChI is InChI=1S/C10H12N4S/c1-5-10(15-7(3)12-5)8-4-9(11)14-6(2)13-8/h4H,1-3H3,(H2,11,13,14). The number of nitrogens with zero attached hydrogens (tertiary/aromatic N) is 3. The zero-order chi connectivity index (χ0) is 11.0. The lowest BCUT2D eigenvalue weighted by atomic mass is 10.3. The van der Waals surface area contributed by atoms with Crippen molar-refractivity contribution in [1.82, 2.24) is 15.0 Å². The Labute approximate surface area is 92.2 Å². The van der Waals surface area contributed by atoms with Gasteiger partial charge in [-0.2, -0.15) is 0 Å². The highest BCUT2D eigenvalue weighted by molar-refractivity contribution is 7.15. The van der Waals surface area contributed by atoms with Crippen molar-refractivity contribution in [3.05, 3.63) is 22.6 Å². The molecule has 0 saturated carbocycles. The van der Waals surface area contributed by atoms with Gasteiger partial charge >= 0.3 is 0 Å². The maximum absolute atomic E-state index is 5.69. The second-order valence-electron chi connectivity index (χ2n) is 3.37. The first-order valence-corrected chi connectivity index (χ1v) is 5.43. The van der Waals surface area contributed by atoms with Crippen molar-refractivity contribution in [1.29, 1.82) is 0 Å². The highest BCUT2D eigenvalue weighted by Gasteiger charge is 2.10. The Bertz CT molecular complexity index is 484. The minimum Gasteiger partial charge on any atom is -0.384 e. The van der Waals surface area contributed by atoms with Crippen LogP contribution in [0.5, 0.6) is 0 Å². The maximum atomic E-state index is 5.69. The maximum Gasteiger partial charge on any atom is 0.128 e. The number of aryl methyl sites for hydroxylation is 3. The molecule has 0 aromatic carbocycles.